The Morgan fingerprint density at radius 3 is 1.20 bits per heavy atom. The van der Waals surface area contributed by atoms with Crippen molar-refractivity contribution in [3.63, 3.8) is 0 Å². The molecule has 0 atom stereocenters. The average Bonchev–Trinajstić information content (AvgIpc) is 1.74. The molecule has 11 nitrogen and oxygen atoms in total. The third kappa shape index (κ3) is 31.2. The number of nitrogens with one attached hydrogen (secondary N) is 2. The Kier molecular flexibility index (Phi) is 52.5. The van der Waals surface area contributed by atoms with E-state index in [1.807, 2.05) is 150 Å². The first-order chi connectivity index (χ1) is 61.3. The van der Waals surface area contributed by atoms with Gasteiger partial charge in [-0.25, -0.2) is 4.98 Å². The molecule has 1 aliphatic rings. The topological polar surface area (TPSA) is 76.4 Å². The smallest absolute Gasteiger partial charge is 0.264 e. The van der Waals surface area contributed by atoms with E-state index in [1.165, 1.54) is 126 Å². The van der Waals surface area contributed by atoms with Crippen LogP contribution in [0.3, 0.4) is 0 Å². The second-order valence-corrected chi connectivity index (χ2v) is 35.2. The highest BCUT2D eigenvalue weighted by molar-refractivity contribution is 14.0. The lowest BCUT2D eigenvalue weighted by Gasteiger charge is -2.17. The molecule has 0 aliphatic carbocycles. The van der Waals surface area contributed by atoms with E-state index in [1.54, 1.807) is 11.3 Å². The zero-order chi connectivity index (χ0) is 87.2. The first-order valence-electron chi connectivity index (χ1n) is 43.2. The number of pyridine rings is 4. The number of aryl methyl sites for hydroxylation is 11. The molecule has 0 amide bonds. The van der Waals surface area contributed by atoms with Crippen LogP contribution in [0.15, 0.2) is 363 Å². The molecule has 19 aromatic rings. The van der Waals surface area contributed by atoms with Crippen molar-refractivity contribution < 1.29 is 171 Å². The summed E-state index contributed by atoms with van der Waals surface area (Å²) in [5, 5.41) is 18.2. The van der Waals surface area contributed by atoms with Gasteiger partial charge in [0.15, 0.2) is 18.6 Å². The van der Waals surface area contributed by atoms with Gasteiger partial charge in [0.25, 0.3) is 10.0 Å². The molecule has 0 bridgehead atoms. The maximum absolute atomic E-state index is 4.33. The number of rotatable bonds is 15. The van der Waals surface area contributed by atoms with Crippen molar-refractivity contribution in [3.05, 3.63) is 400 Å². The van der Waals surface area contributed by atoms with Crippen LogP contribution in [0.25, 0.3) is 103 Å². The molecule has 9 heterocycles. The normalized spacial score (nSPS) is 11.1. The van der Waals surface area contributed by atoms with Crippen LogP contribution in [0, 0.1) is 34.6 Å². The number of allylic oxidation sites excluding steroid dienone is 2. The maximum Gasteiger partial charge on any atom is 0.264 e. The van der Waals surface area contributed by atoms with Crippen molar-refractivity contribution in [3.8, 4) is 0 Å². The van der Waals surface area contributed by atoms with Crippen molar-refractivity contribution in [2.45, 2.75) is 135 Å². The number of fused-ring (bicyclic) bond motifs is 9. The third-order valence-corrected chi connectivity index (χ3v) is 26.9. The maximum atomic E-state index is 4.33. The number of thioether (sulfide) groups is 1. The van der Waals surface area contributed by atoms with Crippen molar-refractivity contribution >= 4 is 201 Å². The number of benzene rings is 11. The minimum Gasteiger partial charge on any atom is -1.00 e. The van der Waals surface area contributed by atoms with Crippen LogP contribution in [-0.2, 0) is 39.3 Å². The lowest BCUT2D eigenvalue weighted by atomic mass is 10.1. The van der Waals surface area contributed by atoms with E-state index >= 15 is 0 Å². The van der Waals surface area contributed by atoms with Crippen molar-refractivity contribution in [2.24, 2.45) is 0 Å². The number of nitrogens with zero attached hydrogens (tertiary/aromatic N) is 9. The monoisotopic (exact) mass is 2640 g/mol. The summed E-state index contributed by atoms with van der Waals surface area (Å²) in [5.74, 6) is 0. The largest absolute Gasteiger partial charge is 1.00 e. The molecule has 2 N–H and O–H groups in total. The quantitative estimate of drug-likeness (QED) is 0.0787. The fourth-order valence-corrected chi connectivity index (χ4v) is 20.4. The average molecular weight is 2640 g/mol. The summed E-state index contributed by atoms with van der Waals surface area (Å²) in [7, 11) is 0. The van der Waals surface area contributed by atoms with E-state index in [0.717, 1.165) is 73.2 Å². The summed E-state index contributed by atoms with van der Waals surface area (Å²) >= 11 is 9.09. The molecule has 20 rings (SSSR count). The van der Waals surface area contributed by atoms with Gasteiger partial charge in [0, 0.05) is 131 Å². The van der Waals surface area contributed by atoms with E-state index < -0.39 is 0 Å². The zero-order valence-electron chi connectivity index (χ0n) is 76.4. The second-order valence-electron chi connectivity index (χ2n) is 29.5. The molecule has 133 heavy (non-hydrogen) atoms. The Morgan fingerprint density at radius 2 is 0.729 bits per heavy atom. The van der Waals surface area contributed by atoms with Crippen LogP contribution in [0.1, 0.15) is 98.2 Å². The summed E-state index contributed by atoms with van der Waals surface area (Å²) in [6.45, 7) is 32.9. The second kappa shape index (κ2) is 60.2. The zero-order valence-corrected chi connectivity index (χ0v) is 95.8. The predicted octanol–water partition coefficient (Wildman–Crippen LogP) is 10.1. The molecule has 23 heteroatoms. The van der Waals surface area contributed by atoms with E-state index in [2.05, 4.69) is 402 Å². The molecule has 0 fully saturated rings. The van der Waals surface area contributed by atoms with Gasteiger partial charge in [-0.1, -0.05) is 217 Å². The van der Waals surface area contributed by atoms with Crippen molar-refractivity contribution in [1.29, 1.82) is 0 Å². The number of thiazole rings is 4. The van der Waals surface area contributed by atoms with Gasteiger partial charge in [-0.15, -0.1) is 35.3 Å². The molecule has 0 spiro atoms. The highest BCUT2D eigenvalue weighted by atomic mass is 127. The minimum atomic E-state index is 0. The molecule has 0 saturated carbocycles. The van der Waals surface area contributed by atoms with Crippen LogP contribution in [0.2, 0.25) is 0 Å². The number of anilines is 3. The van der Waals surface area contributed by atoms with E-state index in [4.69, 9.17) is 0 Å². The van der Waals surface area contributed by atoms with Gasteiger partial charge in [-0.05, 0) is 202 Å². The van der Waals surface area contributed by atoms with Crippen LogP contribution in [0.4, 0.5) is 17.1 Å². The van der Waals surface area contributed by atoms with Crippen LogP contribution >= 0.6 is 81.1 Å². The summed E-state index contributed by atoms with van der Waals surface area (Å²) < 4.78 is 19.2. The van der Waals surface area contributed by atoms with Gasteiger partial charge in [0.1, 0.15) is 53.4 Å². The first-order valence-corrected chi connectivity index (χ1v) is 47.3. The Balaban J connectivity index is 0.000000271. The number of para-hydroxylation sites is 11. The van der Waals surface area contributed by atoms with Gasteiger partial charge in [0.2, 0.25) is 38.1 Å². The molecular weight excluding hydrogens is 2520 g/mol. The third-order valence-electron chi connectivity index (χ3n) is 21.5. The fraction of sp³-hybridized carbons (Fsp3) is 0.182. The molecule has 1 aliphatic heterocycles. The first kappa shape index (κ1) is 116. The SMILES string of the molecule is C.CCN1C(=CC=Cc2cc[n+](CC)c3ccccc23)Sc2ccccc21.CC[n+]1c(/C=C/Nc2ccccc2)sc2ccccc21.CC[n+]1c(/C=C/Nc2ccccc2)sc2ccccc21.CC[n+]1c(C)sc2ccccc21.CC[n+]1ccc(C)c2ccccc21.CC[n+]1ccc(C)c2ccccc21.Cc1ccnc2ccccc12.Cc1nc2ccccc2s1.I.[I-].[I-].[I-].[I-].[I-].[I-]. The minimum absolute atomic E-state index is 0. The molecular formula is C110H118I7N11S5. The van der Waals surface area contributed by atoms with Crippen LogP contribution < -0.4 is 187 Å². The van der Waals surface area contributed by atoms with Crippen molar-refractivity contribution in [2.75, 3.05) is 22.1 Å². The lowest BCUT2D eigenvalue weighted by Crippen LogP contribution is -3.00. The Morgan fingerprint density at radius 1 is 0.346 bits per heavy atom. The number of halogens is 7. The van der Waals surface area contributed by atoms with E-state index in [-0.39, 0.29) is 175 Å². The number of hydrogen-bond acceptors (Lipinski definition) is 10. The lowest BCUT2D eigenvalue weighted by molar-refractivity contribution is -0.669. The summed E-state index contributed by atoms with van der Waals surface area (Å²) in [6, 6.07) is 105. The Hall–Kier alpha value is -7.56. The Labute approximate surface area is 927 Å². The van der Waals surface area contributed by atoms with Gasteiger partial charge in [-0.2, -0.15) is 27.4 Å². The van der Waals surface area contributed by atoms with E-state index in [9.17, 15) is 0 Å². The summed E-state index contributed by atoms with van der Waals surface area (Å²) in [4.78, 5) is 12.3. The summed E-state index contributed by atoms with van der Waals surface area (Å²) in [5.41, 5.74) is 18.9. The number of aromatic nitrogens is 8. The fourth-order valence-electron chi connectivity index (χ4n) is 15.1. The number of hydrogen-bond donors (Lipinski definition) is 2. The van der Waals surface area contributed by atoms with E-state index in [0.29, 0.717) is 0 Å². The van der Waals surface area contributed by atoms with Gasteiger partial charge in [0.05, 0.1) is 36.8 Å². The summed E-state index contributed by atoms with van der Waals surface area (Å²) in [6.07, 6.45) is 23.2. The van der Waals surface area contributed by atoms with Crippen molar-refractivity contribution in [1.82, 2.24) is 9.97 Å². The van der Waals surface area contributed by atoms with Gasteiger partial charge < -0.3 is 159 Å². The van der Waals surface area contributed by atoms with Gasteiger partial charge in [-0.3, -0.25) is 4.98 Å². The highest BCUT2D eigenvalue weighted by Gasteiger charge is 2.24. The van der Waals surface area contributed by atoms with Crippen LogP contribution in [0.5, 0.6) is 0 Å². The molecule has 692 valence electrons. The molecule has 8 aromatic heterocycles. The molecule has 0 saturated heterocycles. The molecule has 11 aromatic carbocycles. The predicted molar refractivity (Wildman–Crippen MR) is 560 cm³/mol. The molecule has 0 radical (unpaired) electrons. The molecule has 0 unspecified atom stereocenters. The van der Waals surface area contributed by atoms with Crippen LogP contribution in [-0.4, -0.2) is 16.5 Å². The highest BCUT2D eigenvalue weighted by Crippen LogP contribution is 2.45. The van der Waals surface area contributed by atoms with Gasteiger partial charge >= 0.3 is 0 Å². The standard InChI is InChI=1S/C23H23N2S.2C17H16N2S.2C12H14N.C10H12NS.C10H9N.C8H7NS.CH4.7HI/c1-3-24-17-16-18(19-11-5-6-12-20(19)24)10-9-15-23-25(4-2)21-13-7-8-14-22(21)26-23;2*1-2-19-15-10-6-7-11-16(15)20-17(19)12-13-18-14-8-4-3-5-9-14;2*1-3-13-9-8-10(2)11-6-4-5-7-12(11)13;1-3-11-8(2)12-10-7-5-4-6-9(10)11;1-8-6-7-11-10-5-3-2-4-9(8)10;1-6-9-7-4-2-3-5-8(7)10-6;;;;;;;;/h5-17H,3-4H2,1-2H3;2*3-13H,2H2,1H3;2*4-9H,3H2,1-2H3;4-7H,3H2,1-2H3;2-7H,1H3;2-5H,1H3;1H4;7*1H/q+1;;;3*+1;;;;;;;;;;/p-4. The Bertz CT molecular complexity index is 6670.